The molecule has 10 nitrogen and oxygen atoms in total. The van der Waals surface area contributed by atoms with Gasteiger partial charge in [-0.1, -0.05) is 24.3 Å². The van der Waals surface area contributed by atoms with E-state index in [1.165, 1.54) is 30.3 Å². The molecule has 1 fully saturated rings. The summed E-state index contributed by atoms with van der Waals surface area (Å²) in [6, 6.07) is 12.9. The number of halogens is 3. The molecule has 5 rings (SSSR count). The van der Waals surface area contributed by atoms with Gasteiger partial charge in [-0.05, 0) is 31.2 Å². The molecule has 4 aromatic rings. The Morgan fingerprint density at radius 3 is 2.44 bits per heavy atom. The number of hydrogen-bond donors (Lipinski definition) is 2. The summed E-state index contributed by atoms with van der Waals surface area (Å²) in [4.78, 5) is 54.7. The number of methoxy groups -OCH3 is 1. The van der Waals surface area contributed by atoms with Crippen LogP contribution in [-0.4, -0.2) is 69.8 Å². The predicted molar refractivity (Wildman–Crippen MR) is 145 cm³/mol. The van der Waals surface area contributed by atoms with Crippen molar-refractivity contribution >= 4 is 50.1 Å². The highest BCUT2D eigenvalue weighted by atomic mass is 32.1. The largest absolute Gasteiger partial charge is 0.494 e. The third-order valence-corrected chi connectivity index (χ3v) is 7.60. The van der Waals surface area contributed by atoms with Gasteiger partial charge in [-0.2, -0.15) is 13.2 Å². The maximum atomic E-state index is 13.8. The molecule has 0 bridgehead atoms. The first-order valence-electron chi connectivity index (χ1n) is 12.3. The van der Waals surface area contributed by atoms with Crippen molar-refractivity contribution in [3.63, 3.8) is 0 Å². The number of pyridine rings is 2. The van der Waals surface area contributed by atoms with E-state index in [1.54, 1.807) is 10.8 Å². The van der Waals surface area contributed by atoms with E-state index < -0.39 is 18.1 Å². The second-order valence-electron chi connectivity index (χ2n) is 9.04. The Morgan fingerprint density at radius 1 is 1.20 bits per heavy atom. The standard InChI is InChI=1S/C25H24N4O4S.C2HF3O2/c1-15(30)29(17-10-12-26-13-17)25(32)23-21(33-2)20-22(34-23)18-8-3-4-9-19(18)28(24(20)31)14-16-7-5-6-11-27-16;3-2(4,5)1(6)7/h3-9,11,17,26H,10,12-14H2,1-2H3;(H,6,7). The fourth-order valence-electron chi connectivity index (χ4n) is 4.63. The predicted octanol–water partition coefficient (Wildman–Crippen LogP) is 3.65. The highest BCUT2D eigenvalue weighted by Gasteiger charge is 2.38. The molecule has 1 aromatic carbocycles. The third-order valence-electron chi connectivity index (χ3n) is 6.41. The van der Waals surface area contributed by atoms with Crippen molar-refractivity contribution in [2.75, 3.05) is 20.2 Å². The molecular formula is C27H25F3N4O6S. The molecule has 216 valence electrons. The maximum Gasteiger partial charge on any atom is 0.490 e. The number of nitrogens with one attached hydrogen (secondary N) is 1. The quantitative estimate of drug-likeness (QED) is 0.360. The van der Waals surface area contributed by atoms with Crippen LogP contribution in [0.3, 0.4) is 0 Å². The minimum absolute atomic E-state index is 0.215. The number of aromatic nitrogens is 2. The molecule has 1 unspecified atom stereocenters. The van der Waals surface area contributed by atoms with E-state index in [2.05, 4.69) is 10.3 Å². The third kappa shape index (κ3) is 6.07. The zero-order valence-electron chi connectivity index (χ0n) is 21.9. The molecule has 1 aliphatic heterocycles. The first-order valence-corrected chi connectivity index (χ1v) is 13.1. The molecule has 14 heteroatoms. The Hall–Kier alpha value is -4.30. The topological polar surface area (TPSA) is 131 Å². The number of carbonyl (C=O) groups is 3. The Kier molecular flexibility index (Phi) is 8.73. The van der Waals surface area contributed by atoms with Gasteiger partial charge >= 0.3 is 12.1 Å². The molecule has 3 aromatic heterocycles. The van der Waals surface area contributed by atoms with Gasteiger partial charge in [-0.3, -0.25) is 24.3 Å². The van der Waals surface area contributed by atoms with Gasteiger partial charge < -0.3 is 19.7 Å². The molecule has 1 aliphatic rings. The lowest BCUT2D eigenvalue weighted by atomic mass is 10.1. The van der Waals surface area contributed by atoms with E-state index in [1.807, 2.05) is 42.5 Å². The lowest BCUT2D eigenvalue weighted by molar-refractivity contribution is -0.192. The van der Waals surface area contributed by atoms with Gasteiger partial charge in [0.1, 0.15) is 10.3 Å². The summed E-state index contributed by atoms with van der Waals surface area (Å²) in [5.74, 6) is -3.30. The number of fused-ring (bicyclic) bond motifs is 3. The van der Waals surface area contributed by atoms with E-state index in [4.69, 9.17) is 14.6 Å². The van der Waals surface area contributed by atoms with E-state index in [0.717, 1.165) is 23.1 Å². The summed E-state index contributed by atoms with van der Waals surface area (Å²) < 4.78 is 39.7. The lowest BCUT2D eigenvalue weighted by Crippen LogP contribution is -2.44. The lowest BCUT2D eigenvalue weighted by Gasteiger charge is -2.25. The summed E-state index contributed by atoms with van der Waals surface area (Å²) in [5, 5.41) is 11.5. The average Bonchev–Trinajstić information content (AvgIpc) is 3.60. The van der Waals surface area contributed by atoms with Crippen LogP contribution in [0.5, 0.6) is 5.75 Å². The van der Waals surface area contributed by atoms with Crippen molar-refractivity contribution in [2.45, 2.75) is 32.1 Å². The van der Waals surface area contributed by atoms with E-state index in [9.17, 15) is 27.6 Å². The number of hydrogen-bond acceptors (Lipinski definition) is 8. The zero-order chi connectivity index (χ0) is 29.9. The molecule has 41 heavy (non-hydrogen) atoms. The molecule has 2 amide bonds. The molecule has 2 N–H and O–H groups in total. The van der Waals surface area contributed by atoms with Crippen molar-refractivity contribution in [3.8, 4) is 5.75 Å². The molecule has 0 radical (unpaired) electrons. The van der Waals surface area contributed by atoms with Crippen LogP contribution >= 0.6 is 11.3 Å². The number of carboxylic acids is 1. The van der Waals surface area contributed by atoms with Crippen LogP contribution in [0.25, 0.3) is 21.0 Å². The van der Waals surface area contributed by atoms with Gasteiger partial charge in [0.25, 0.3) is 11.5 Å². The number of amides is 2. The number of benzene rings is 1. The number of rotatable bonds is 5. The van der Waals surface area contributed by atoms with Crippen LogP contribution < -0.4 is 15.6 Å². The molecule has 0 spiro atoms. The number of thiophene rings is 1. The van der Waals surface area contributed by atoms with Crippen molar-refractivity contribution < 1.29 is 37.4 Å². The first-order chi connectivity index (χ1) is 19.5. The van der Waals surface area contributed by atoms with E-state index in [-0.39, 0.29) is 34.7 Å². The van der Waals surface area contributed by atoms with Crippen molar-refractivity contribution in [1.29, 1.82) is 0 Å². The Labute approximate surface area is 235 Å². The Balaban J connectivity index is 0.000000493. The second kappa shape index (κ2) is 12.1. The van der Waals surface area contributed by atoms with Crippen molar-refractivity contribution in [3.05, 3.63) is 69.6 Å². The number of imide groups is 1. The van der Waals surface area contributed by atoms with Gasteiger partial charge in [0.15, 0.2) is 5.75 Å². The first kappa shape index (κ1) is 29.7. The SMILES string of the molecule is COc1c(C(=O)N(C(C)=O)C2CCNC2)sc2c1c(=O)n(Cc1ccccn1)c1ccccc21.O=C(O)C(F)(F)F. The van der Waals surface area contributed by atoms with Gasteiger partial charge in [-0.15, -0.1) is 11.3 Å². The van der Waals surface area contributed by atoms with Crippen molar-refractivity contribution in [1.82, 2.24) is 19.8 Å². The fourth-order valence-corrected chi connectivity index (χ4v) is 5.86. The van der Waals surface area contributed by atoms with Gasteiger partial charge in [0.2, 0.25) is 5.91 Å². The van der Waals surface area contributed by atoms with Crippen LogP contribution in [-0.2, 0) is 16.1 Å². The normalized spacial score (nSPS) is 14.9. The van der Waals surface area contributed by atoms with Crippen LogP contribution in [0, 0.1) is 0 Å². The fraction of sp³-hybridized carbons (Fsp3) is 0.296. The number of nitrogens with zero attached hydrogens (tertiary/aromatic N) is 3. The Morgan fingerprint density at radius 2 is 1.88 bits per heavy atom. The summed E-state index contributed by atoms with van der Waals surface area (Å²) in [7, 11) is 1.45. The minimum atomic E-state index is -5.08. The van der Waals surface area contributed by atoms with Gasteiger partial charge in [-0.25, -0.2) is 4.79 Å². The average molecular weight is 591 g/mol. The number of carboxylic acid groups (broad SMARTS) is 1. The number of para-hydroxylation sites is 1. The summed E-state index contributed by atoms with van der Waals surface area (Å²) in [5.41, 5.74) is 1.23. The molecule has 1 saturated heterocycles. The highest BCUT2D eigenvalue weighted by Crippen LogP contribution is 2.40. The molecular weight excluding hydrogens is 565 g/mol. The van der Waals surface area contributed by atoms with Crippen LogP contribution in [0.15, 0.2) is 53.5 Å². The van der Waals surface area contributed by atoms with Gasteiger partial charge in [0.05, 0.1) is 35.6 Å². The molecule has 0 saturated carbocycles. The monoisotopic (exact) mass is 590 g/mol. The smallest absolute Gasteiger partial charge is 0.490 e. The number of aliphatic carboxylic acids is 1. The molecule has 4 heterocycles. The summed E-state index contributed by atoms with van der Waals surface area (Å²) in [6.07, 6.45) is -2.70. The molecule has 0 aliphatic carbocycles. The summed E-state index contributed by atoms with van der Waals surface area (Å²) >= 11 is 1.20. The van der Waals surface area contributed by atoms with E-state index >= 15 is 0 Å². The maximum absolute atomic E-state index is 13.8. The number of ether oxygens (including phenoxy) is 1. The van der Waals surface area contributed by atoms with Crippen molar-refractivity contribution in [2.24, 2.45) is 0 Å². The number of alkyl halides is 3. The highest BCUT2D eigenvalue weighted by molar-refractivity contribution is 7.22. The number of carbonyl (C=O) groups excluding carboxylic acids is 2. The Bertz CT molecular complexity index is 1660. The van der Waals surface area contributed by atoms with Crippen LogP contribution in [0.2, 0.25) is 0 Å². The van der Waals surface area contributed by atoms with Crippen LogP contribution in [0.1, 0.15) is 28.7 Å². The second-order valence-corrected chi connectivity index (χ2v) is 10.1. The molecule has 1 atom stereocenters. The van der Waals surface area contributed by atoms with Gasteiger partial charge in [0, 0.05) is 25.1 Å². The minimum Gasteiger partial charge on any atom is -0.494 e. The van der Waals surface area contributed by atoms with E-state index in [0.29, 0.717) is 23.1 Å². The zero-order valence-corrected chi connectivity index (χ0v) is 22.7. The summed E-state index contributed by atoms with van der Waals surface area (Å²) in [6.45, 7) is 2.98. The van der Waals surface area contributed by atoms with Crippen LogP contribution in [0.4, 0.5) is 13.2 Å².